The van der Waals surface area contributed by atoms with Gasteiger partial charge >= 0.3 is 0 Å². The maximum atomic E-state index is 10.0. The lowest BCUT2D eigenvalue weighted by Gasteiger charge is -2.32. The van der Waals surface area contributed by atoms with Crippen LogP contribution in [0.25, 0.3) is 0 Å². The summed E-state index contributed by atoms with van der Waals surface area (Å²) in [6.07, 6.45) is 1.84. The van der Waals surface area contributed by atoms with Crippen molar-refractivity contribution in [3.8, 4) is 0 Å². The molecular weight excluding hydrogens is 224 g/mol. The third kappa shape index (κ3) is 2.58. The van der Waals surface area contributed by atoms with Crippen molar-refractivity contribution in [1.29, 1.82) is 0 Å². The highest BCUT2D eigenvalue weighted by Gasteiger charge is 2.41. The lowest BCUT2D eigenvalue weighted by atomic mass is 10.1. The van der Waals surface area contributed by atoms with Gasteiger partial charge in [0.15, 0.2) is 0 Å². The van der Waals surface area contributed by atoms with Crippen molar-refractivity contribution in [2.24, 2.45) is 0 Å². The van der Waals surface area contributed by atoms with Gasteiger partial charge in [-0.25, -0.2) is 0 Å². The third-order valence-electron chi connectivity index (χ3n) is 4.22. The minimum atomic E-state index is -0.494. The van der Waals surface area contributed by atoms with Crippen molar-refractivity contribution in [2.75, 3.05) is 33.2 Å². The van der Waals surface area contributed by atoms with Crippen LogP contribution in [0.5, 0.6) is 0 Å². The molecule has 1 N–H and O–H groups in total. The Hall–Kier alpha value is -0.900. The summed E-state index contributed by atoms with van der Waals surface area (Å²) in [7, 11) is 2.18. The van der Waals surface area contributed by atoms with Crippen molar-refractivity contribution in [3.05, 3.63) is 35.4 Å². The molecule has 1 aliphatic carbocycles. The first-order chi connectivity index (χ1) is 8.66. The van der Waals surface area contributed by atoms with E-state index in [1.807, 2.05) is 0 Å². The molecule has 1 saturated carbocycles. The van der Waals surface area contributed by atoms with E-state index >= 15 is 0 Å². The summed E-state index contributed by atoms with van der Waals surface area (Å²) in [5.41, 5.74) is 1.95. The second-order valence-electron chi connectivity index (χ2n) is 5.81. The number of nitrogens with zero attached hydrogens (tertiary/aromatic N) is 2. The summed E-state index contributed by atoms with van der Waals surface area (Å²) in [4.78, 5) is 4.88. The van der Waals surface area contributed by atoms with Crippen molar-refractivity contribution >= 4 is 0 Å². The molecule has 0 aromatic heterocycles. The molecule has 1 aromatic carbocycles. The molecule has 2 fully saturated rings. The fourth-order valence-corrected chi connectivity index (χ4v) is 2.59. The molecule has 1 saturated heterocycles. The smallest absolute Gasteiger partial charge is 0.0899 e. The van der Waals surface area contributed by atoms with Gasteiger partial charge in [-0.15, -0.1) is 0 Å². The fourth-order valence-electron chi connectivity index (χ4n) is 2.59. The Labute approximate surface area is 109 Å². The van der Waals surface area contributed by atoms with E-state index in [9.17, 15) is 5.11 Å². The van der Waals surface area contributed by atoms with Gasteiger partial charge in [0.1, 0.15) is 0 Å². The number of hydrogen-bond donors (Lipinski definition) is 1. The maximum absolute atomic E-state index is 10.0. The summed E-state index contributed by atoms with van der Waals surface area (Å²) in [5.74, 6) is 0. The molecule has 98 valence electrons. The molecule has 3 nitrogen and oxygen atoms in total. The molecule has 2 aliphatic rings. The Morgan fingerprint density at radius 1 is 1.06 bits per heavy atom. The van der Waals surface area contributed by atoms with Crippen molar-refractivity contribution in [3.63, 3.8) is 0 Å². The lowest BCUT2D eigenvalue weighted by Crippen LogP contribution is -2.43. The SMILES string of the molecule is CN1CCN(Cc2ccc(C3(O)CC3)cc2)CC1. The zero-order chi connectivity index (χ0) is 12.6. The fraction of sp³-hybridized carbons (Fsp3) is 0.600. The predicted molar refractivity (Wildman–Crippen MR) is 72.3 cm³/mol. The van der Waals surface area contributed by atoms with Gasteiger partial charge in [0.2, 0.25) is 0 Å². The van der Waals surface area contributed by atoms with Crippen LogP contribution in [0.1, 0.15) is 24.0 Å². The van der Waals surface area contributed by atoms with E-state index < -0.39 is 5.60 Å². The number of likely N-dealkylation sites (N-methyl/N-ethyl adjacent to an activating group) is 1. The number of aliphatic hydroxyl groups is 1. The highest BCUT2D eigenvalue weighted by Crippen LogP contribution is 2.45. The monoisotopic (exact) mass is 246 g/mol. The third-order valence-corrected chi connectivity index (χ3v) is 4.22. The van der Waals surface area contributed by atoms with Crippen molar-refractivity contribution in [2.45, 2.75) is 25.0 Å². The molecule has 1 aromatic rings. The van der Waals surface area contributed by atoms with E-state index in [1.54, 1.807) is 0 Å². The van der Waals surface area contributed by atoms with Crippen LogP contribution in [-0.2, 0) is 12.1 Å². The number of piperazine rings is 1. The van der Waals surface area contributed by atoms with Gasteiger partial charge in [-0.2, -0.15) is 0 Å². The van der Waals surface area contributed by atoms with Crippen LogP contribution in [0, 0.1) is 0 Å². The van der Waals surface area contributed by atoms with E-state index in [-0.39, 0.29) is 0 Å². The molecule has 0 bridgehead atoms. The van der Waals surface area contributed by atoms with Gasteiger partial charge in [-0.1, -0.05) is 24.3 Å². The van der Waals surface area contributed by atoms with E-state index in [4.69, 9.17) is 0 Å². The normalized spacial score (nSPS) is 24.1. The summed E-state index contributed by atoms with van der Waals surface area (Å²) in [6, 6.07) is 8.53. The molecule has 0 amide bonds. The zero-order valence-corrected chi connectivity index (χ0v) is 11.1. The predicted octanol–water partition coefficient (Wildman–Crippen LogP) is 1.42. The van der Waals surface area contributed by atoms with Crippen LogP contribution < -0.4 is 0 Å². The molecule has 3 rings (SSSR count). The van der Waals surface area contributed by atoms with Crippen LogP contribution in [0.4, 0.5) is 0 Å². The van der Waals surface area contributed by atoms with E-state index in [1.165, 1.54) is 5.56 Å². The summed E-state index contributed by atoms with van der Waals surface area (Å²) < 4.78 is 0. The second-order valence-corrected chi connectivity index (χ2v) is 5.81. The van der Waals surface area contributed by atoms with Crippen LogP contribution in [0.2, 0.25) is 0 Å². The van der Waals surface area contributed by atoms with E-state index in [0.29, 0.717) is 0 Å². The largest absolute Gasteiger partial charge is 0.385 e. The van der Waals surface area contributed by atoms with Gasteiger partial charge in [-0.05, 0) is 31.0 Å². The molecule has 1 heterocycles. The number of benzene rings is 1. The minimum absolute atomic E-state index is 0.494. The minimum Gasteiger partial charge on any atom is -0.385 e. The highest BCUT2D eigenvalue weighted by molar-refractivity contribution is 5.30. The maximum Gasteiger partial charge on any atom is 0.0899 e. The first-order valence-corrected chi connectivity index (χ1v) is 6.88. The molecule has 18 heavy (non-hydrogen) atoms. The van der Waals surface area contributed by atoms with Gasteiger partial charge in [-0.3, -0.25) is 4.90 Å². The van der Waals surface area contributed by atoms with Crippen molar-refractivity contribution < 1.29 is 5.11 Å². The summed E-state index contributed by atoms with van der Waals surface area (Å²) >= 11 is 0. The lowest BCUT2D eigenvalue weighted by molar-refractivity contribution is 0.147. The van der Waals surface area contributed by atoms with E-state index in [2.05, 4.69) is 41.1 Å². The highest BCUT2D eigenvalue weighted by atomic mass is 16.3. The van der Waals surface area contributed by atoms with Crippen molar-refractivity contribution in [1.82, 2.24) is 9.80 Å². The standard InChI is InChI=1S/C15H22N2O/c1-16-8-10-17(11-9-16)12-13-2-4-14(5-3-13)15(18)6-7-15/h2-5,18H,6-12H2,1H3. The average molecular weight is 246 g/mol. The molecule has 0 unspecified atom stereocenters. The summed E-state index contributed by atoms with van der Waals surface area (Å²) in [5, 5.41) is 10.0. The number of hydrogen-bond acceptors (Lipinski definition) is 3. The Bertz CT molecular complexity index is 403. The van der Waals surface area contributed by atoms with Crippen LogP contribution in [0.3, 0.4) is 0 Å². The van der Waals surface area contributed by atoms with Gasteiger partial charge < -0.3 is 10.0 Å². The Morgan fingerprint density at radius 2 is 1.67 bits per heavy atom. The quantitative estimate of drug-likeness (QED) is 0.873. The van der Waals surface area contributed by atoms with E-state index in [0.717, 1.165) is 51.1 Å². The molecule has 0 spiro atoms. The van der Waals surface area contributed by atoms with Gasteiger partial charge in [0.25, 0.3) is 0 Å². The van der Waals surface area contributed by atoms with Crippen LogP contribution >= 0.6 is 0 Å². The summed E-state index contributed by atoms with van der Waals surface area (Å²) in [6.45, 7) is 5.67. The Morgan fingerprint density at radius 3 is 2.22 bits per heavy atom. The molecule has 0 atom stereocenters. The zero-order valence-electron chi connectivity index (χ0n) is 11.1. The average Bonchev–Trinajstić information content (AvgIpc) is 3.12. The van der Waals surface area contributed by atoms with Gasteiger partial charge in [0.05, 0.1) is 5.60 Å². The Balaban J connectivity index is 1.60. The number of rotatable bonds is 3. The first kappa shape index (κ1) is 12.2. The molecule has 3 heteroatoms. The first-order valence-electron chi connectivity index (χ1n) is 6.88. The second kappa shape index (κ2) is 4.65. The Kier molecular flexibility index (Phi) is 3.14. The molecule has 0 radical (unpaired) electrons. The van der Waals surface area contributed by atoms with Crippen LogP contribution in [0.15, 0.2) is 24.3 Å². The molecule has 1 aliphatic heterocycles. The van der Waals surface area contributed by atoms with Gasteiger partial charge in [0, 0.05) is 32.7 Å². The topological polar surface area (TPSA) is 26.7 Å². The molecular formula is C15H22N2O. The van der Waals surface area contributed by atoms with Crippen LogP contribution in [-0.4, -0.2) is 48.1 Å².